The fraction of sp³-hybridized carbons (Fsp3) is 0.556. The summed E-state index contributed by atoms with van der Waals surface area (Å²) in [6.07, 6.45) is 0.993. The number of carbonyl (C=O) groups is 2. The summed E-state index contributed by atoms with van der Waals surface area (Å²) in [6, 6.07) is 3.71. The maximum atomic E-state index is 12.1. The van der Waals surface area contributed by atoms with Gasteiger partial charge in [-0.3, -0.25) is 9.59 Å². The van der Waals surface area contributed by atoms with Gasteiger partial charge < -0.3 is 15.4 Å². The number of nitrogens with one attached hydrogen (secondary N) is 2. The van der Waals surface area contributed by atoms with Gasteiger partial charge in [0.15, 0.2) is 0 Å². The minimum atomic E-state index is -0.400. The molecule has 0 aliphatic carbocycles. The maximum absolute atomic E-state index is 12.1. The molecular formula is C18H26N2O3. The van der Waals surface area contributed by atoms with E-state index >= 15 is 0 Å². The van der Waals surface area contributed by atoms with Crippen molar-refractivity contribution in [1.29, 1.82) is 0 Å². The molecule has 1 aliphatic rings. The van der Waals surface area contributed by atoms with Crippen molar-refractivity contribution in [3.05, 3.63) is 28.8 Å². The number of methoxy groups -OCH3 is 1. The van der Waals surface area contributed by atoms with E-state index in [-0.39, 0.29) is 17.2 Å². The smallest absolute Gasteiger partial charge is 0.242 e. The number of benzene rings is 1. The van der Waals surface area contributed by atoms with Gasteiger partial charge in [-0.05, 0) is 47.6 Å². The van der Waals surface area contributed by atoms with Crippen LogP contribution in [0.3, 0.4) is 0 Å². The summed E-state index contributed by atoms with van der Waals surface area (Å²) < 4.78 is 5.49. The second kappa shape index (κ2) is 6.60. The number of aryl methyl sites for hydroxylation is 1. The predicted molar refractivity (Wildman–Crippen MR) is 89.4 cm³/mol. The van der Waals surface area contributed by atoms with Crippen LogP contribution in [0.1, 0.15) is 50.3 Å². The molecule has 0 radical (unpaired) electrons. The Morgan fingerprint density at radius 3 is 2.61 bits per heavy atom. The Balaban J connectivity index is 2.13. The average molecular weight is 318 g/mol. The van der Waals surface area contributed by atoms with Crippen molar-refractivity contribution in [3.63, 3.8) is 0 Å². The van der Waals surface area contributed by atoms with Crippen LogP contribution in [0, 0.1) is 6.92 Å². The SMILES string of the molecule is COc1cc(C)c(CNC(=O)C2CCC(=O)N2)cc1C(C)(C)C. The first-order chi connectivity index (χ1) is 10.7. The third-order valence-electron chi connectivity index (χ3n) is 4.23. The molecule has 5 nitrogen and oxygen atoms in total. The van der Waals surface area contributed by atoms with Crippen molar-refractivity contribution in [3.8, 4) is 5.75 Å². The van der Waals surface area contributed by atoms with Gasteiger partial charge >= 0.3 is 0 Å². The molecular weight excluding hydrogens is 292 g/mol. The predicted octanol–water partition coefficient (Wildman–Crippen LogP) is 2.20. The Labute approximate surface area is 137 Å². The van der Waals surface area contributed by atoms with E-state index in [9.17, 15) is 9.59 Å². The lowest BCUT2D eigenvalue weighted by molar-refractivity contribution is -0.125. The highest BCUT2D eigenvalue weighted by Gasteiger charge is 2.27. The van der Waals surface area contributed by atoms with Crippen molar-refractivity contribution in [1.82, 2.24) is 10.6 Å². The van der Waals surface area contributed by atoms with Crippen molar-refractivity contribution in [2.45, 2.75) is 58.5 Å². The molecule has 1 aromatic rings. The molecule has 1 atom stereocenters. The zero-order valence-electron chi connectivity index (χ0n) is 14.6. The topological polar surface area (TPSA) is 67.4 Å². The zero-order chi connectivity index (χ0) is 17.2. The third kappa shape index (κ3) is 4.03. The van der Waals surface area contributed by atoms with Crippen LogP contribution in [-0.2, 0) is 21.5 Å². The van der Waals surface area contributed by atoms with Gasteiger partial charge in [-0.25, -0.2) is 0 Å². The standard InChI is InChI=1S/C18H26N2O3/c1-11-8-15(23-5)13(18(2,3)4)9-12(11)10-19-17(22)14-6-7-16(21)20-14/h8-9,14H,6-7,10H2,1-5H3,(H,19,22)(H,20,21). The van der Waals surface area contributed by atoms with E-state index in [0.717, 1.165) is 22.4 Å². The van der Waals surface area contributed by atoms with E-state index in [0.29, 0.717) is 19.4 Å². The molecule has 23 heavy (non-hydrogen) atoms. The van der Waals surface area contributed by atoms with Gasteiger partial charge in [0.1, 0.15) is 11.8 Å². The Morgan fingerprint density at radius 1 is 1.39 bits per heavy atom. The molecule has 1 saturated heterocycles. The summed E-state index contributed by atoms with van der Waals surface area (Å²) in [4.78, 5) is 23.3. The number of ether oxygens (including phenoxy) is 1. The lowest BCUT2D eigenvalue weighted by atomic mass is 9.84. The van der Waals surface area contributed by atoms with E-state index < -0.39 is 6.04 Å². The monoisotopic (exact) mass is 318 g/mol. The van der Waals surface area contributed by atoms with Crippen LogP contribution in [0.15, 0.2) is 12.1 Å². The van der Waals surface area contributed by atoms with E-state index in [1.165, 1.54) is 0 Å². The summed E-state index contributed by atoms with van der Waals surface area (Å²) >= 11 is 0. The minimum Gasteiger partial charge on any atom is -0.496 e. The minimum absolute atomic E-state index is 0.0444. The van der Waals surface area contributed by atoms with Crippen LogP contribution < -0.4 is 15.4 Å². The van der Waals surface area contributed by atoms with E-state index in [2.05, 4.69) is 37.5 Å². The first kappa shape index (κ1) is 17.3. The molecule has 1 aliphatic heterocycles. The van der Waals surface area contributed by atoms with E-state index in [4.69, 9.17) is 4.74 Å². The van der Waals surface area contributed by atoms with Gasteiger partial charge in [0.05, 0.1) is 7.11 Å². The highest BCUT2D eigenvalue weighted by Crippen LogP contribution is 2.33. The molecule has 1 aromatic carbocycles. The Hall–Kier alpha value is -2.04. The van der Waals surface area contributed by atoms with Gasteiger partial charge in [-0.15, -0.1) is 0 Å². The van der Waals surface area contributed by atoms with E-state index in [1.54, 1.807) is 7.11 Å². The third-order valence-corrected chi connectivity index (χ3v) is 4.23. The molecule has 1 fully saturated rings. The molecule has 1 heterocycles. The number of carbonyl (C=O) groups excluding carboxylic acids is 2. The molecule has 5 heteroatoms. The highest BCUT2D eigenvalue weighted by atomic mass is 16.5. The Morgan fingerprint density at radius 2 is 2.09 bits per heavy atom. The van der Waals surface area contributed by atoms with Crippen molar-refractivity contribution < 1.29 is 14.3 Å². The summed E-state index contributed by atoms with van der Waals surface area (Å²) in [5, 5.41) is 5.61. The van der Waals surface area contributed by atoms with Crippen LogP contribution >= 0.6 is 0 Å². The number of amides is 2. The molecule has 0 spiro atoms. The van der Waals surface area contributed by atoms with Crippen molar-refractivity contribution in [2.75, 3.05) is 7.11 Å². The quantitative estimate of drug-likeness (QED) is 0.894. The van der Waals surface area contributed by atoms with Crippen LogP contribution in [0.2, 0.25) is 0 Å². The molecule has 1 unspecified atom stereocenters. The molecule has 0 aromatic heterocycles. The second-order valence-electron chi connectivity index (χ2n) is 7.11. The van der Waals surface area contributed by atoms with Crippen LogP contribution in [0.25, 0.3) is 0 Å². The van der Waals surface area contributed by atoms with Crippen LogP contribution in [0.5, 0.6) is 5.75 Å². The lowest BCUT2D eigenvalue weighted by Crippen LogP contribution is -2.41. The molecule has 2 amide bonds. The van der Waals surface area contributed by atoms with Gasteiger partial charge in [-0.2, -0.15) is 0 Å². The van der Waals surface area contributed by atoms with Crippen LogP contribution in [0.4, 0.5) is 0 Å². The number of hydrogen-bond donors (Lipinski definition) is 2. The average Bonchev–Trinajstić information content (AvgIpc) is 2.90. The van der Waals surface area contributed by atoms with Crippen molar-refractivity contribution in [2.24, 2.45) is 0 Å². The second-order valence-corrected chi connectivity index (χ2v) is 7.11. The number of rotatable bonds is 4. The molecule has 0 bridgehead atoms. The fourth-order valence-corrected chi connectivity index (χ4v) is 2.79. The fourth-order valence-electron chi connectivity index (χ4n) is 2.79. The summed E-state index contributed by atoms with van der Waals surface area (Å²) in [6.45, 7) is 8.86. The Bertz CT molecular complexity index is 617. The van der Waals surface area contributed by atoms with Gasteiger partial charge in [-0.1, -0.05) is 20.8 Å². The largest absolute Gasteiger partial charge is 0.496 e. The first-order valence-electron chi connectivity index (χ1n) is 7.97. The molecule has 0 saturated carbocycles. The van der Waals surface area contributed by atoms with Gasteiger partial charge in [0, 0.05) is 13.0 Å². The first-order valence-corrected chi connectivity index (χ1v) is 7.97. The molecule has 2 rings (SSSR count). The zero-order valence-corrected chi connectivity index (χ0v) is 14.6. The van der Waals surface area contributed by atoms with Gasteiger partial charge in [0.2, 0.25) is 11.8 Å². The van der Waals surface area contributed by atoms with Gasteiger partial charge in [0.25, 0.3) is 0 Å². The lowest BCUT2D eigenvalue weighted by Gasteiger charge is -2.24. The summed E-state index contributed by atoms with van der Waals surface area (Å²) in [5.41, 5.74) is 3.21. The maximum Gasteiger partial charge on any atom is 0.242 e. The van der Waals surface area contributed by atoms with Crippen molar-refractivity contribution >= 4 is 11.8 Å². The van der Waals surface area contributed by atoms with Crippen LogP contribution in [-0.4, -0.2) is 25.0 Å². The normalized spacial score (nSPS) is 17.8. The molecule has 126 valence electrons. The Kier molecular flexibility index (Phi) is 4.97. The summed E-state index contributed by atoms with van der Waals surface area (Å²) in [7, 11) is 1.67. The number of hydrogen-bond acceptors (Lipinski definition) is 3. The molecule has 2 N–H and O–H groups in total. The van der Waals surface area contributed by atoms with E-state index in [1.807, 2.05) is 13.0 Å². The highest BCUT2D eigenvalue weighted by molar-refractivity contribution is 5.90. The summed E-state index contributed by atoms with van der Waals surface area (Å²) in [5.74, 6) is 0.692.